The van der Waals surface area contributed by atoms with Crippen molar-refractivity contribution in [2.45, 2.75) is 51.0 Å². The number of piperidine rings is 1. The first-order chi connectivity index (χ1) is 13.3. The van der Waals surface area contributed by atoms with Crippen molar-refractivity contribution >= 4 is 23.1 Å². The maximum Gasteiger partial charge on any atom is 0.227 e. The highest BCUT2D eigenvalue weighted by atomic mass is 32.1. The SMILES string of the molecule is O=C(C1CCCN(c2cc(C3CCC3)ncn2)C1)N1CCc2sccc2C1. The molecule has 2 fully saturated rings. The van der Waals surface area contributed by atoms with Crippen molar-refractivity contribution in [1.29, 1.82) is 0 Å². The van der Waals surface area contributed by atoms with E-state index in [0.717, 1.165) is 51.3 Å². The van der Waals surface area contributed by atoms with Gasteiger partial charge in [0.15, 0.2) is 0 Å². The lowest BCUT2D eigenvalue weighted by Crippen LogP contribution is -2.46. The Labute approximate surface area is 164 Å². The fourth-order valence-corrected chi connectivity index (χ4v) is 5.43. The van der Waals surface area contributed by atoms with Gasteiger partial charge in [-0.05, 0) is 49.1 Å². The highest BCUT2D eigenvalue weighted by Gasteiger charge is 2.32. The van der Waals surface area contributed by atoms with Crippen LogP contribution in [0.2, 0.25) is 0 Å². The van der Waals surface area contributed by atoms with Gasteiger partial charge < -0.3 is 9.80 Å². The maximum absolute atomic E-state index is 13.2. The van der Waals surface area contributed by atoms with Gasteiger partial charge in [0.25, 0.3) is 0 Å². The van der Waals surface area contributed by atoms with Gasteiger partial charge in [-0.2, -0.15) is 0 Å². The fraction of sp³-hybridized carbons (Fsp3) is 0.571. The third kappa shape index (κ3) is 3.35. The van der Waals surface area contributed by atoms with E-state index in [4.69, 9.17) is 0 Å². The van der Waals surface area contributed by atoms with Crippen LogP contribution in [0.3, 0.4) is 0 Å². The Hall–Kier alpha value is -1.95. The molecular weight excluding hydrogens is 356 g/mol. The Bertz CT molecular complexity index is 831. The average molecular weight is 383 g/mol. The minimum absolute atomic E-state index is 0.0843. The molecule has 1 amide bonds. The lowest BCUT2D eigenvalue weighted by molar-refractivity contribution is -0.136. The third-order valence-corrected chi connectivity index (χ3v) is 7.43. The second-order valence-corrected chi connectivity index (χ2v) is 9.09. The molecule has 142 valence electrons. The van der Waals surface area contributed by atoms with Crippen LogP contribution in [-0.2, 0) is 17.8 Å². The smallest absolute Gasteiger partial charge is 0.227 e. The quantitative estimate of drug-likeness (QED) is 0.814. The summed E-state index contributed by atoms with van der Waals surface area (Å²) in [6.07, 6.45) is 8.56. The molecule has 0 bridgehead atoms. The summed E-state index contributed by atoms with van der Waals surface area (Å²) in [5.41, 5.74) is 2.52. The molecule has 3 aliphatic rings. The van der Waals surface area contributed by atoms with Crippen LogP contribution in [0.4, 0.5) is 5.82 Å². The molecule has 1 saturated heterocycles. The van der Waals surface area contributed by atoms with E-state index < -0.39 is 0 Å². The molecule has 0 radical (unpaired) electrons. The zero-order chi connectivity index (χ0) is 18.2. The summed E-state index contributed by atoms with van der Waals surface area (Å²) < 4.78 is 0. The summed E-state index contributed by atoms with van der Waals surface area (Å²) in [6.45, 7) is 3.42. The second-order valence-electron chi connectivity index (χ2n) is 8.09. The van der Waals surface area contributed by atoms with Gasteiger partial charge in [0, 0.05) is 48.7 Å². The summed E-state index contributed by atoms with van der Waals surface area (Å²) >= 11 is 1.82. The van der Waals surface area contributed by atoms with E-state index in [-0.39, 0.29) is 5.92 Å². The molecule has 6 heteroatoms. The largest absolute Gasteiger partial charge is 0.356 e. The van der Waals surface area contributed by atoms with E-state index in [2.05, 4.69) is 37.3 Å². The molecule has 2 aliphatic heterocycles. The third-order valence-electron chi connectivity index (χ3n) is 6.41. The van der Waals surface area contributed by atoms with Gasteiger partial charge in [-0.25, -0.2) is 9.97 Å². The predicted octanol–water partition coefficient (Wildman–Crippen LogP) is 3.61. The number of carbonyl (C=O) groups excluding carboxylic acids is 1. The first-order valence-corrected chi connectivity index (χ1v) is 11.1. The number of hydrogen-bond donors (Lipinski definition) is 0. The topological polar surface area (TPSA) is 49.3 Å². The predicted molar refractivity (Wildman–Crippen MR) is 107 cm³/mol. The number of amides is 1. The zero-order valence-corrected chi connectivity index (χ0v) is 16.5. The van der Waals surface area contributed by atoms with Crippen LogP contribution in [0.15, 0.2) is 23.8 Å². The molecule has 1 aliphatic carbocycles. The van der Waals surface area contributed by atoms with Crippen molar-refractivity contribution < 1.29 is 4.79 Å². The standard InChI is InChI=1S/C21H26N4OS/c26-21(25-9-6-19-16(12-25)7-10-27-19)17-5-2-8-24(13-17)20-11-18(22-14-23-20)15-3-1-4-15/h7,10-11,14-15,17H,1-6,8-9,12-13H2. The second kappa shape index (κ2) is 7.23. The van der Waals surface area contributed by atoms with Gasteiger partial charge >= 0.3 is 0 Å². The number of anilines is 1. The van der Waals surface area contributed by atoms with Gasteiger partial charge in [-0.15, -0.1) is 11.3 Å². The number of hydrogen-bond acceptors (Lipinski definition) is 5. The van der Waals surface area contributed by atoms with Crippen molar-refractivity contribution in [2.75, 3.05) is 24.5 Å². The molecule has 0 aromatic carbocycles. The summed E-state index contributed by atoms with van der Waals surface area (Å²) in [7, 11) is 0. The van der Waals surface area contributed by atoms with Crippen molar-refractivity contribution in [1.82, 2.24) is 14.9 Å². The van der Waals surface area contributed by atoms with Crippen molar-refractivity contribution in [3.05, 3.63) is 40.0 Å². The molecule has 0 spiro atoms. The normalized spacial score (nSPS) is 23.0. The highest BCUT2D eigenvalue weighted by molar-refractivity contribution is 7.10. The monoisotopic (exact) mass is 382 g/mol. The molecule has 2 aromatic rings. The molecule has 1 atom stereocenters. The highest BCUT2D eigenvalue weighted by Crippen LogP contribution is 2.36. The van der Waals surface area contributed by atoms with Crippen LogP contribution >= 0.6 is 11.3 Å². The minimum atomic E-state index is 0.0843. The summed E-state index contributed by atoms with van der Waals surface area (Å²) in [5, 5.41) is 2.15. The van der Waals surface area contributed by atoms with Crippen molar-refractivity contribution in [2.24, 2.45) is 5.92 Å². The number of thiophene rings is 1. The lowest BCUT2D eigenvalue weighted by atomic mass is 9.83. The first-order valence-electron chi connectivity index (χ1n) is 10.2. The number of rotatable bonds is 3. The van der Waals surface area contributed by atoms with E-state index in [1.807, 2.05) is 11.3 Å². The Morgan fingerprint density at radius 2 is 2.07 bits per heavy atom. The van der Waals surface area contributed by atoms with Crippen LogP contribution in [-0.4, -0.2) is 40.4 Å². The molecule has 0 N–H and O–H groups in total. The van der Waals surface area contributed by atoms with Crippen LogP contribution in [0, 0.1) is 5.92 Å². The van der Waals surface area contributed by atoms with Gasteiger partial charge in [0.1, 0.15) is 12.1 Å². The van der Waals surface area contributed by atoms with Crippen molar-refractivity contribution in [3.63, 3.8) is 0 Å². The summed E-state index contributed by atoms with van der Waals surface area (Å²) in [5.74, 6) is 2.02. The average Bonchev–Trinajstić information content (AvgIpc) is 3.14. The van der Waals surface area contributed by atoms with Crippen LogP contribution in [0.1, 0.15) is 54.2 Å². The zero-order valence-electron chi connectivity index (χ0n) is 15.6. The Morgan fingerprint density at radius 3 is 2.93 bits per heavy atom. The van der Waals surface area contributed by atoms with E-state index in [0.29, 0.717) is 11.8 Å². The molecular formula is C21H26N4OS. The minimum Gasteiger partial charge on any atom is -0.356 e. The number of fused-ring (bicyclic) bond motifs is 1. The molecule has 2 aromatic heterocycles. The molecule has 5 rings (SSSR count). The molecule has 27 heavy (non-hydrogen) atoms. The Morgan fingerprint density at radius 1 is 1.15 bits per heavy atom. The van der Waals surface area contributed by atoms with E-state index in [1.165, 1.54) is 35.4 Å². The Kier molecular flexibility index (Phi) is 4.60. The fourth-order valence-electron chi connectivity index (χ4n) is 4.54. The van der Waals surface area contributed by atoms with Crippen LogP contribution in [0.5, 0.6) is 0 Å². The molecule has 1 saturated carbocycles. The number of carbonyl (C=O) groups is 1. The molecule has 4 heterocycles. The first kappa shape index (κ1) is 17.2. The van der Waals surface area contributed by atoms with Crippen molar-refractivity contribution in [3.8, 4) is 0 Å². The maximum atomic E-state index is 13.2. The molecule has 1 unspecified atom stereocenters. The van der Waals surface area contributed by atoms with Crippen LogP contribution in [0.25, 0.3) is 0 Å². The van der Waals surface area contributed by atoms with Gasteiger partial charge in [0.05, 0.1) is 5.92 Å². The van der Waals surface area contributed by atoms with Gasteiger partial charge in [-0.1, -0.05) is 6.42 Å². The van der Waals surface area contributed by atoms with Gasteiger partial charge in [0.2, 0.25) is 5.91 Å². The summed E-state index contributed by atoms with van der Waals surface area (Å²) in [4.78, 5) is 28.0. The van der Waals surface area contributed by atoms with Crippen LogP contribution < -0.4 is 4.90 Å². The van der Waals surface area contributed by atoms with E-state index in [1.54, 1.807) is 6.33 Å². The van der Waals surface area contributed by atoms with E-state index in [9.17, 15) is 4.79 Å². The number of aromatic nitrogens is 2. The van der Waals surface area contributed by atoms with Gasteiger partial charge in [-0.3, -0.25) is 4.79 Å². The number of nitrogens with zero attached hydrogens (tertiary/aromatic N) is 4. The lowest BCUT2D eigenvalue weighted by Gasteiger charge is -2.37. The van der Waals surface area contributed by atoms with E-state index >= 15 is 0 Å². The molecule has 5 nitrogen and oxygen atoms in total. The summed E-state index contributed by atoms with van der Waals surface area (Å²) in [6, 6.07) is 4.34. The Balaban J connectivity index is 1.27.